The van der Waals surface area contributed by atoms with E-state index >= 15 is 0 Å². The lowest BCUT2D eigenvalue weighted by Crippen LogP contribution is -2.28. The first-order chi connectivity index (χ1) is 8.74. The molecule has 1 aromatic carbocycles. The quantitative estimate of drug-likeness (QED) is 0.850. The Bertz CT molecular complexity index is 551. The molecule has 18 heavy (non-hydrogen) atoms. The summed E-state index contributed by atoms with van der Waals surface area (Å²) in [7, 11) is 3.22. The fourth-order valence-corrected chi connectivity index (χ4v) is 2.58. The SMILES string of the molecule is COc1cc2c(cc1OC)C1=NNC(=O)[C@H]1CC2. The number of hydrazone groups is 1. The molecule has 1 heterocycles. The number of fused-ring (bicyclic) bond motifs is 3. The van der Waals surface area contributed by atoms with Gasteiger partial charge < -0.3 is 9.47 Å². The topological polar surface area (TPSA) is 59.9 Å². The van der Waals surface area contributed by atoms with Crippen molar-refractivity contribution in [3.05, 3.63) is 23.3 Å². The first kappa shape index (κ1) is 11.1. The Labute approximate surface area is 105 Å². The van der Waals surface area contributed by atoms with Gasteiger partial charge in [0.1, 0.15) is 0 Å². The molecule has 0 aromatic heterocycles. The van der Waals surface area contributed by atoms with Crippen LogP contribution in [0.5, 0.6) is 11.5 Å². The number of hydrogen-bond donors (Lipinski definition) is 1. The van der Waals surface area contributed by atoms with E-state index in [1.54, 1.807) is 14.2 Å². The Hall–Kier alpha value is -2.04. The van der Waals surface area contributed by atoms with Crippen LogP contribution in [0.15, 0.2) is 17.2 Å². The predicted molar refractivity (Wildman–Crippen MR) is 66.0 cm³/mol. The molecule has 0 fully saturated rings. The third-order valence-corrected chi connectivity index (χ3v) is 3.52. The van der Waals surface area contributed by atoms with E-state index in [-0.39, 0.29) is 11.8 Å². The Morgan fingerprint density at radius 2 is 2.00 bits per heavy atom. The van der Waals surface area contributed by atoms with Crippen LogP contribution in [0, 0.1) is 5.92 Å². The number of hydrogen-bond acceptors (Lipinski definition) is 4. The molecule has 0 spiro atoms. The summed E-state index contributed by atoms with van der Waals surface area (Å²) >= 11 is 0. The van der Waals surface area contributed by atoms with E-state index in [9.17, 15) is 4.79 Å². The second-order valence-corrected chi connectivity index (χ2v) is 4.43. The van der Waals surface area contributed by atoms with Crippen molar-refractivity contribution in [3.63, 3.8) is 0 Å². The number of amides is 1. The summed E-state index contributed by atoms with van der Waals surface area (Å²) in [6.45, 7) is 0. The average Bonchev–Trinajstić information content (AvgIpc) is 2.79. The molecule has 0 saturated carbocycles. The summed E-state index contributed by atoms with van der Waals surface area (Å²) in [6, 6.07) is 3.87. The number of methoxy groups -OCH3 is 2. The zero-order chi connectivity index (χ0) is 12.7. The Kier molecular flexibility index (Phi) is 2.47. The molecule has 1 amide bonds. The standard InChI is InChI=1S/C13H14N2O3/c1-17-10-5-7-3-4-8-12(14-15-13(8)16)9(7)6-11(10)18-2/h5-6,8H,3-4H2,1-2H3,(H,15,16)/t8-/m0/s1. The van der Waals surface area contributed by atoms with Crippen molar-refractivity contribution in [1.29, 1.82) is 0 Å². The molecule has 1 aliphatic carbocycles. The van der Waals surface area contributed by atoms with Crippen molar-refractivity contribution in [1.82, 2.24) is 5.43 Å². The van der Waals surface area contributed by atoms with Crippen molar-refractivity contribution in [2.75, 3.05) is 14.2 Å². The molecule has 0 unspecified atom stereocenters. The average molecular weight is 246 g/mol. The second kappa shape index (κ2) is 4.01. The largest absolute Gasteiger partial charge is 0.493 e. The second-order valence-electron chi connectivity index (χ2n) is 4.43. The van der Waals surface area contributed by atoms with E-state index in [4.69, 9.17) is 9.47 Å². The van der Waals surface area contributed by atoms with E-state index in [1.165, 1.54) is 0 Å². The van der Waals surface area contributed by atoms with Crippen LogP contribution in [-0.2, 0) is 11.2 Å². The number of ether oxygens (including phenoxy) is 2. The molecular formula is C13H14N2O3. The third kappa shape index (κ3) is 1.47. The van der Waals surface area contributed by atoms with Crippen LogP contribution in [0.25, 0.3) is 0 Å². The summed E-state index contributed by atoms with van der Waals surface area (Å²) in [6.07, 6.45) is 1.65. The van der Waals surface area contributed by atoms with Gasteiger partial charge in [-0.15, -0.1) is 0 Å². The molecule has 2 aliphatic rings. The highest BCUT2D eigenvalue weighted by molar-refractivity contribution is 6.17. The minimum absolute atomic E-state index is 0.00886. The van der Waals surface area contributed by atoms with Gasteiger partial charge in [-0.25, -0.2) is 5.43 Å². The van der Waals surface area contributed by atoms with Gasteiger partial charge in [-0.3, -0.25) is 4.79 Å². The van der Waals surface area contributed by atoms with Crippen LogP contribution in [0.2, 0.25) is 0 Å². The van der Waals surface area contributed by atoms with E-state index in [0.717, 1.165) is 29.7 Å². The fraction of sp³-hybridized carbons (Fsp3) is 0.385. The number of nitrogens with one attached hydrogen (secondary N) is 1. The molecular weight excluding hydrogens is 232 g/mol. The number of carbonyl (C=O) groups excluding carboxylic acids is 1. The highest BCUT2D eigenvalue weighted by atomic mass is 16.5. The van der Waals surface area contributed by atoms with E-state index in [2.05, 4.69) is 10.5 Å². The normalized spacial score (nSPS) is 20.7. The summed E-state index contributed by atoms with van der Waals surface area (Å²) in [5.74, 6) is 1.26. The van der Waals surface area contributed by atoms with Gasteiger partial charge in [0.2, 0.25) is 5.91 Å². The molecule has 5 heteroatoms. The van der Waals surface area contributed by atoms with Crippen LogP contribution in [0.4, 0.5) is 0 Å². The molecule has 0 bridgehead atoms. The van der Waals surface area contributed by atoms with E-state index < -0.39 is 0 Å². The molecule has 1 aliphatic heterocycles. The number of benzene rings is 1. The first-order valence-electron chi connectivity index (χ1n) is 5.87. The summed E-state index contributed by atoms with van der Waals surface area (Å²) in [4.78, 5) is 11.6. The van der Waals surface area contributed by atoms with Crippen molar-refractivity contribution in [2.24, 2.45) is 11.0 Å². The summed E-state index contributed by atoms with van der Waals surface area (Å²) in [5.41, 5.74) is 5.51. The van der Waals surface area contributed by atoms with Gasteiger partial charge in [0.05, 0.1) is 25.8 Å². The minimum Gasteiger partial charge on any atom is -0.493 e. The molecule has 0 radical (unpaired) electrons. The zero-order valence-corrected chi connectivity index (χ0v) is 10.3. The monoisotopic (exact) mass is 246 g/mol. The zero-order valence-electron chi connectivity index (χ0n) is 10.3. The predicted octanol–water partition coefficient (Wildman–Crippen LogP) is 1.10. The number of carbonyl (C=O) groups is 1. The van der Waals surface area contributed by atoms with Crippen molar-refractivity contribution >= 4 is 11.6 Å². The number of rotatable bonds is 2. The number of nitrogens with zero attached hydrogens (tertiary/aromatic N) is 1. The van der Waals surface area contributed by atoms with Crippen molar-refractivity contribution < 1.29 is 14.3 Å². The van der Waals surface area contributed by atoms with Gasteiger partial charge in [0, 0.05) is 5.56 Å². The van der Waals surface area contributed by atoms with Gasteiger partial charge >= 0.3 is 0 Å². The molecule has 94 valence electrons. The molecule has 1 N–H and O–H groups in total. The van der Waals surface area contributed by atoms with Gasteiger partial charge in [-0.2, -0.15) is 5.10 Å². The molecule has 3 rings (SSSR count). The third-order valence-electron chi connectivity index (χ3n) is 3.52. The summed E-state index contributed by atoms with van der Waals surface area (Å²) in [5, 5.41) is 4.13. The van der Waals surface area contributed by atoms with Crippen molar-refractivity contribution in [3.8, 4) is 11.5 Å². The molecule has 0 saturated heterocycles. The summed E-state index contributed by atoms with van der Waals surface area (Å²) < 4.78 is 10.6. The van der Waals surface area contributed by atoms with Crippen molar-refractivity contribution in [2.45, 2.75) is 12.8 Å². The smallest absolute Gasteiger partial charge is 0.249 e. The van der Waals surface area contributed by atoms with E-state index in [1.807, 2.05) is 12.1 Å². The molecule has 1 aromatic rings. The van der Waals surface area contributed by atoms with E-state index in [0.29, 0.717) is 11.5 Å². The Morgan fingerprint density at radius 3 is 2.72 bits per heavy atom. The maximum atomic E-state index is 11.6. The van der Waals surface area contributed by atoms with Gasteiger partial charge in [0.25, 0.3) is 0 Å². The fourth-order valence-electron chi connectivity index (χ4n) is 2.58. The lowest BCUT2D eigenvalue weighted by molar-refractivity contribution is -0.122. The lowest BCUT2D eigenvalue weighted by Gasteiger charge is -2.22. The molecule has 1 atom stereocenters. The maximum absolute atomic E-state index is 11.6. The van der Waals surface area contributed by atoms with Crippen LogP contribution < -0.4 is 14.9 Å². The number of aryl methyl sites for hydroxylation is 1. The minimum atomic E-state index is -0.115. The Balaban J connectivity index is 2.12. The Morgan fingerprint density at radius 1 is 1.28 bits per heavy atom. The van der Waals surface area contributed by atoms with Crippen LogP contribution >= 0.6 is 0 Å². The molecule has 5 nitrogen and oxygen atoms in total. The van der Waals surface area contributed by atoms with Crippen LogP contribution in [0.1, 0.15) is 17.5 Å². The maximum Gasteiger partial charge on any atom is 0.249 e. The highest BCUT2D eigenvalue weighted by Crippen LogP contribution is 2.36. The highest BCUT2D eigenvalue weighted by Gasteiger charge is 2.35. The van der Waals surface area contributed by atoms with Gasteiger partial charge in [-0.1, -0.05) is 0 Å². The van der Waals surface area contributed by atoms with Gasteiger partial charge in [-0.05, 0) is 30.5 Å². The van der Waals surface area contributed by atoms with Crippen LogP contribution in [-0.4, -0.2) is 25.8 Å². The van der Waals surface area contributed by atoms with Gasteiger partial charge in [0.15, 0.2) is 11.5 Å². The lowest BCUT2D eigenvalue weighted by atomic mass is 9.82. The van der Waals surface area contributed by atoms with Crippen LogP contribution in [0.3, 0.4) is 0 Å². The first-order valence-corrected chi connectivity index (χ1v) is 5.87.